The maximum atomic E-state index is 13.0. The lowest BCUT2D eigenvalue weighted by Gasteiger charge is -2.27. The van der Waals surface area contributed by atoms with Crippen molar-refractivity contribution in [1.82, 2.24) is 4.72 Å². The van der Waals surface area contributed by atoms with E-state index in [-0.39, 0.29) is 5.75 Å². The molecule has 3 aromatic carbocycles. The van der Waals surface area contributed by atoms with E-state index in [0.29, 0.717) is 12.0 Å². The van der Waals surface area contributed by atoms with Crippen LogP contribution >= 0.6 is 11.3 Å². The molecule has 0 saturated carbocycles. The van der Waals surface area contributed by atoms with Crippen molar-refractivity contribution in [3.05, 3.63) is 83.2 Å². The maximum Gasteiger partial charge on any atom is 0.243 e. The lowest BCUT2D eigenvalue weighted by molar-refractivity contribution is -0.123. The molecule has 0 radical (unpaired) electrons. The summed E-state index contributed by atoms with van der Waals surface area (Å²) in [5.74, 6) is -0.883. The Bertz CT molecular complexity index is 1340. The van der Waals surface area contributed by atoms with Gasteiger partial charge >= 0.3 is 0 Å². The monoisotopic (exact) mass is 438 g/mol. The molecule has 0 fully saturated rings. The first-order chi connectivity index (χ1) is 14.3. The van der Waals surface area contributed by atoms with E-state index >= 15 is 0 Å². The largest absolute Gasteiger partial charge is 0.368 e. The minimum Gasteiger partial charge on any atom is -0.368 e. The van der Waals surface area contributed by atoms with Gasteiger partial charge in [0, 0.05) is 10.3 Å². The molecule has 0 aliphatic carbocycles. The second-order valence-electron chi connectivity index (χ2n) is 7.44. The van der Waals surface area contributed by atoms with Gasteiger partial charge in [-0.05, 0) is 46.5 Å². The Morgan fingerprint density at radius 2 is 1.67 bits per heavy atom. The highest BCUT2D eigenvalue weighted by molar-refractivity contribution is 7.89. The number of nitrogens with two attached hydrogens (primary N) is 1. The number of primary amides is 1. The fourth-order valence-corrected chi connectivity index (χ4v) is 6.21. The van der Waals surface area contributed by atoms with Crippen LogP contribution in [0.4, 0.5) is 0 Å². The highest BCUT2D eigenvalue weighted by Gasteiger charge is 2.39. The summed E-state index contributed by atoms with van der Waals surface area (Å²) < 4.78 is 29.5. The van der Waals surface area contributed by atoms with Gasteiger partial charge in [0.15, 0.2) is 0 Å². The number of carbonyl (C=O) groups is 1. The first-order valence-corrected chi connectivity index (χ1v) is 12.1. The van der Waals surface area contributed by atoms with E-state index in [1.807, 2.05) is 66.7 Å². The summed E-state index contributed by atoms with van der Waals surface area (Å²) in [7, 11) is -3.79. The van der Waals surface area contributed by atoms with Gasteiger partial charge < -0.3 is 5.73 Å². The van der Waals surface area contributed by atoms with Crippen LogP contribution in [0.5, 0.6) is 0 Å². The van der Waals surface area contributed by atoms with Gasteiger partial charge in [0.1, 0.15) is 5.54 Å². The molecule has 7 heteroatoms. The summed E-state index contributed by atoms with van der Waals surface area (Å²) in [6.45, 7) is 1.53. The van der Waals surface area contributed by atoms with Crippen LogP contribution in [0.3, 0.4) is 0 Å². The molecule has 0 aliphatic heterocycles. The van der Waals surface area contributed by atoms with Gasteiger partial charge in [-0.15, -0.1) is 11.3 Å². The number of thiophene rings is 1. The minimum atomic E-state index is -3.79. The molecule has 0 aliphatic rings. The molecular weight excluding hydrogens is 416 g/mol. The van der Waals surface area contributed by atoms with E-state index in [4.69, 9.17) is 5.73 Å². The molecule has 1 heterocycles. The van der Waals surface area contributed by atoms with Gasteiger partial charge in [-0.3, -0.25) is 4.79 Å². The first-order valence-electron chi connectivity index (χ1n) is 9.55. The fraction of sp³-hybridized carbons (Fsp3) is 0.174. The zero-order valence-electron chi connectivity index (χ0n) is 16.5. The maximum absolute atomic E-state index is 13.0. The number of carbonyl (C=O) groups excluding carboxylic acids is 1. The number of sulfonamides is 1. The molecule has 1 aromatic heterocycles. The third-order valence-corrected chi connectivity index (χ3v) is 7.82. The summed E-state index contributed by atoms with van der Waals surface area (Å²) in [6.07, 6.45) is 0.329. The fourth-order valence-electron chi connectivity index (χ4n) is 3.72. The number of rotatable bonds is 7. The van der Waals surface area contributed by atoms with Crippen LogP contribution in [-0.4, -0.2) is 20.1 Å². The van der Waals surface area contributed by atoms with Gasteiger partial charge in [-0.2, -0.15) is 4.72 Å². The van der Waals surface area contributed by atoms with E-state index in [0.717, 1.165) is 26.4 Å². The molecule has 0 saturated heterocycles. The number of nitrogens with one attached hydrogen (secondary N) is 1. The van der Waals surface area contributed by atoms with E-state index < -0.39 is 21.5 Å². The van der Waals surface area contributed by atoms with Crippen LogP contribution in [0.25, 0.3) is 20.9 Å². The second kappa shape index (κ2) is 7.83. The number of hydrogen-bond acceptors (Lipinski definition) is 4. The zero-order valence-corrected chi connectivity index (χ0v) is 18.1. The zero-order chi connectivity index (χ0) is 21.4. The molecule has 4 rings (SSSR count). The molecule has 3 N–H and O–H groups in total. The molecule has 1 amide bonds. The number of hydrogen-bond donors (Lipinski definition) is 2. The van der Waals surface area contributed by atoms with E-state index in [2.05, 4.69) is 4.72 Å². The van der Waals surface area contributed by atoms with Crippen molar-refractivity contribution in [3.63, 3.8) is 0 Å². The van der Waals surface area contributed by atoms with Crippen LogP contribution in [0.1, 0.15) is 18.1 Å². The standard InChI is InChI=1S/C23H22N2O3S2/c1-23(22(24)26,20-15-29-21-12-5-4-11-19(20)21)25-30(27,28)14-13-17-9-6-8-16-7-2-3-10-18(16)17/h2-12,15,25H,13-14H2,1H3,(H2,24,26). The van der Waals surface area contributed by atoms with Gasteiger partial charge in [-0.25, -0.2) is 8.42 Å². The normalized spacial score (nSPS) is 14.0. The summed E-state index contributed by atoms with van der Waals surface area (Å²) in [6, 6.07) is 21.3. The van der Waals surface area contributed by atoms with Gasteiger partial charge in [0.25, 0.3) is 0 Å². The van der Waals surface area contributed by atoms with Gasteiger partial charge in [-0.1, -0.05) is 60.7 Å². The third kappa shape index (κ3) is 3.84. The van der Waals surface area contributed by atoms with Crippen LogP contribution in [0.2, 0.25) is 0 Å². The Balaban J connectivity index is 1.62. The Hall–Kier alpha value is -2.74. The Kier molecular flexibility index (Phi) is 5.36. The number of benzene rings is 3. The van der Waals surface area contributed by atoms with Crippen LogP contribution in [-0.2, 0) is 26.8 Å². The van der Waals surface area contributed by atoms with E-state index in [1.54, 1.807) is 5.38 Å². The van der Waals surface area contributed by atoms with Crippen molar-refractivity contribution in [2.75, 3.05) is 5.75 Å². The molecule has 154 valence electrons. The number of aryl methyl sites for hydroxylation is 1. The highest BCUT2D eigenvalue weighted by atomic mass is 32.2. The third-order valence-electron chi connectivity index (χ3n) is 5.39. The topological polar surface area (TPSA) is 89.3 Å². The van der Waals surface area contributed by atoms with Crippen molar-refractivity contribution >= 4 is 48.1 Å². The molecule has 0 spiro atoms. The SMILES string of the molecule is CC(NS(=O)(=O)CCc1cccc2ccccc12)(C(N)=O)c1csc2ccccc12. The smallest absolute Gasteiger partial charge is 0.243 e. The van der Waals surface area contributed by atoms with Crippen molar-refractivity contribution in [1.29, 1.82) is 0 Å². The Morgan fingerprint density at radius 3 is 2.43 bits per heavy atom. The average Bonchev–Trinajstić information content (AvgIpc) is 3.16. The average molecular weight is 439 g/mol. The predicted molar refractivity (Wildman–Crippen MR) is 123 cm³/mol. The first kappa shape index (κ1) is 20.5. The Morgan fingerprint density at radius 1 is 1.00 bits per heavy atom. The lowest BCUT2D eigenvalue weighted by Crippen LogP contribution is -2.53. The summed E-state index contributed by atoms with van der Waals surface area (Å²) in [4.78, 5) is 12.4. The molecule has 4 aromatic rings. The highest BCUT2D eigenvalue weighted by Crippen LogP contribution is 2.34. The summed E-state index contributed by atoms with van der Waals surface area (Å²) in [5.41, 5.74) is 5.67. The Labute approximate surface area is 179 Å². The molecule has 5 nitrogen and oxygen atoms in total. The van der Waals surface area contributed by atoms with Gasteiger partial charge in [0.2, 0.25) is 15.9 Å². The second-order valence-corrected chi connectivity index (χ2v) is 10.2. The van der Waals surface area contributed by atoms with E-state index in [9.17, 15) is 13.2 Å². The van der Waals surface area contributed by atoms with Crippen LogP contribution in [0.15, 0.2) is 72.1 Å². The summed E-state index contributed by atoms with van der Waals surface area (Å²) in [5, 5.41) is 4.70. The predicted octanol–water partition coefficient (Wildman–Crippen LogP) is 3.92. The van der Waals surface area contributed by atoms with Crippen LogP contribution < -0.4 is 10.5 Å². The molecule has 1 atom stereocenters. The van der Waals surface area contributed by atoms with E-state index in [1.165, 1.54) is 18.3 Å². The molecule has 0 bridgehead atoms. The number of fused-ring (bicyclic) bond motifs is 2. The molecule has 1 unspecified atom stereocenters. The minimum absolute atomic E-state index is 0.147. The van der Waals surface area contributed by atoms with Crippen molar-refractivity contribution < 1.29 is 13.2 Å². The lowest BCUT2D eigenvalue weighted by atomic mass is 9.92. The van der Waals surface area contributed by atoms with Crippen molar-refractivity contribution in [2.24, 2.45) is 5.73 Å². The molecule has 30 heavy (non-hydrogen) atoms. The summed E-state index contributed by atoms with van der Waals surface area (Å²) >= 11 is 1.45. The van der Waals surface area contributed by atoms with Crippen LogP contribution in [0, 0.1) is 0 Å². The molecular formula is C23H22N2O3S2. The number of amides is 1. The van der Waals surface area contributed by atoms with Crippen molar-refractivity contribution in [2.45, 2.75) is 18.9 Å². The quantitative estimate of drug-likeness (QED) is 0.458. The van der Waals surface area contributed by atoms with Crippen molar-refractivity contribution in [3.8, 4) is 0 Å². The van der Waals surface area contributed by atoms with Gasteiger partial charge in [0.05, 0.1) is 5.75 Å².